The van der Waals surface area contributed by atoms with Crippen molar-refractivity contribution in [1.29, 1.82) is 0 Å². The molecule has 122 valence electrons. The van der Waals surface area contributed by atoms with E-state index < -0.39 is 29.7 Å². The number of furan rings is 1. The van der Waals surface area contributed by atoms with E-state index in [0.717, 1.165) is 0 Å². The van der Waals surface area contributed by atoms with Gasteiger partial charge in [0.05, 0.1) is 17.4 Å². The lowest BCUT2D eigenvalue weighted by Gasteiger charge is -2.16. The third-order valence-electron chi connectivity index (χ3n) is 3.38. The van der Waals surface area contributed by atoms with E-state index in [0.29, 0.717) is 5.06 Å². The van der Waals surface area contributed by atoms with Crippen LogP contribution in [0.1, 0.15) is 38.2 Å². The quantitative estimate of drug-likeness (QED) is 0.844. The highest BCUT2D eigenvalue weighted by Gasteiger charge is 2.39. The van der Waals surface area contributed by atoms with Crippen molar-refractivity contribution in [3.8, 4) is 0 Å². The van der Waals surface area contributed by atoms with Gasteiger partial charge in [-0.15, -0.1) is 0 Å². The molecule has 0 bridgehead atoms. The molecule has 1 aliphatic rings. The Kier molecular flexibility index (Phi) is 3.87. The third-order valence-corrected chi connectivity index (χ3v) is 3.38. The lowest BCUT2D eigenvalue weighted by molar-refractivity contribution is -0.170. The van der Waals surface area contributed by atoms with Crippen molar-refractivity contribution in [2.24, 2.45) is 0 Å². The number of carbonyl (C=O) groups excluding carboxylic acids is 4. The van der Waals surface area contributed by atoms with Gasteiger partial charge < -0.3 is 14.6 Å². The lowest BCUT2D eigenvalue weighted by atomic mass is 10.1. The van der Waals surface area contributed by atoms with E-state index in [4.69, 9.17) is 9.25 Å². The van der Waals surface area contributed by atoms with E-state index in [-0.39, 0.29) is 16.9 Å². The zero-order chi connectivity index (χ0) is 17.3. The van der Waals surface area contributed by atoms with Crippen molar-refractivity contribution in [3.63, 3.8) is 0 Å². The maximum atomic E-state index is 12.1. The average Bonchev–Trinajstić information content (AvgIpc) is 3.19. The van der Waals surface area contributed by atoms with Gasteiger partial charge in [-0.3, -0.25) is 14.4 Å². The standard InChI is InChI=1S/C16H12N2O6/c1-9(17-13(19)12-7-4-8-23-12)16(22)24-18-14(20)10-5-2-3-6-11(10)15(18)21/h2-9H,1H3,(H,17,19). The number of hydroxylamine groups is 2. The molecular weight excluding hydrogens is 316 g/mol. The molecule has 0 fully saturated rings. The van der Waals surface area contributed by atoms with Crippen LogP contribution in [-0.2, 0) is 9.63 Å². The molecule has 0 saturated carbocycles. The summed E-state index contributed by atoms with van der Waals surface area (Å²) in [5.41, 5.74) is 0.310. The monoisotopic (exact) mass is 328 g/mol. The van der Waals surface area contributed by atoms with Gasteiger partial charge in [0.2, 0.25) is 0 Å². The molecule has 1 unspecified atom stereocenters. The summed E-state index contributed by atoms with van der Waals surface area (Å²) in [4.78, 5) is 52.9. The third kappa shape index (κ3) is 2.65. The van der Waals surface area contributed by atoms with Gasteiger partial charge in [-0.25, -0.2) is 4.79 Å². The number of hydrogen-bond donors (Lipinski definition) is 1. The van der Waals surface area contributed by atoms with Gasteiger partial charge in [-0.2, -0.15) is 0 Å². The van der Waals surface area contributed by atoms with Crippen LogP contribution >= 0.6 is 0 Å². The Bertz CT molecular complexity index is 792. The van der Waals surface area contributed by atoms with E-state index in [1.807, 2.05) is 0 Å². The molecule has 2 aromatic rings. The highest BCUT2D eigenvalue weighted by Crippen LogP contribution is 2.22. The number of carbonyl (C=O) groups is 4. The molecule has 24 heavy (non-hydrogen) atoms. The second kappa shape index (κ2) is 5.99. The normalized spacial score (nSPS) is 14.3. The molecule has 1 aromatic carbocycles. The Morgan fingerprint density at radius 2 is 1.71 bits per heavy atom. The molecule has 0 aliphatic carbocycles. The minimum Gasteiger partial charge on any atom is -0.459 e. The molecule has 1 aliphatic heterocycles. The zero-order valence-electron chi connectivity index (χ0n) is 12.5. The number of imide groups is 1. The van der Waals surface area contributed by atoms with Crippen LogP contribution in [0.3, 0.4) is 0 Å². The summed E-state index contributed by atoms with van der Waals surface area (Å²) in [5.74, 6) is -3.01. The van der Waals surface area contributed by atoms with Crippen LogP contribution in [0, 0.1) is 0 Å². The van der Waals surface area contributed by atoms with Crippen LogP contribution in [0.15, 0.2) is 47.1 Å². The number of benzene rings is 1. The molecule has 2 heterocycles. The van der Waals surface area contributed by atoms with Crippen molar-refractivity contribution < 1.29 is 28.4 Å². The largest absolute Gasteiger partial charge is 0.459 e. The Hall–Kier alpha value is -3.42. The van der Waals surface area contributed by atoms with Gasteiger partial charge in [-0.1, -0.05) is 17.2 Å². The molecule has 0 spiro atoms. The topological polar surface area (TPSA) is 106 Å². The zero-order valence-corrected chi connectivity index (χ0v) is 12.5. The van der Waals surface area contributed by atoms with E-state index in [1.54, 1.807) is 12.1 Å². The first-order chi connectivity index (χ1) is 11.5. The summed E-state index contributed by atoms with van der Waals surface area (Å²) in [7, 11) is 0. The molecule has 1 aromatic heterocycles. The van der Waals surface area contributed by atoms with E-state index in [1.165, 1.54) is 37.5 Å². The Morgan fingerprint density at radius 3 is 2.25 bits per heavy atom. The van der Waals surface area contributed by atoms with Crippen LogP contribution in [0.2, 0.25) is 0 Å². The molecule has 0 radical (unpaired) electrons. The molecule has 1 N–H and O–H groups in total. The minimum absolute atomic E-state index is 0.0235. The number of fused-ring (bicyclic) bond motifs is 1. The smallest absolute Gasteiger partial charge is 0.354 e. The van der Waals surface area contributed by atoms with Gasteiger partial charge in [-0.05, 0) is 31.2 Å². The van der Waals surface area contributed by atoms with Crippen molar-refractivity contribution in [2.75, 3.05) is 0 Å². The second-order valence-electron chi connectivity index (χ2n) is 5.03. The summed E-state index contributed by atoms with van der Waals surface area (Å²) < 4.78 is 4.90. The predicted octanol–water partition coefficient (Wildman–Crippen LogP) is 1.15. The van der Waals surface area contributed by atoms with Gasteiger partial charge in [0, 0.05) is 0 Å². The molecular formula is C16H12N2O6. The van der Waals surface area contributed by atoms with Crippen LogP contribution < -0.4 is 5.32 Å². The summed E-state index contributed by atoms with van der Waals surface area (Å²) >= 11 is 0. The van der Waals surface area contributed by atoms with Gasteiger partial charge in [0.25, 0.3) is 17.7 Å². The Morgan fingerprint density at radius 1 is 1.08 bits per heavy atom. The fourth-order valence-electron chi connectivity index (χ4n) is 2.15. The molecule has 3 rings (SSSR count). The molecule has 8 heteroatoms. The van der Waals surface area contributed by atoms with Gasteiger partial charge in [0.1, 0.15) is 6.04 Å². The first-order valence-corrected chi connectivity index (χ1v) is 7.03. The van der Waals surface area contributed by atoms with Gasteiger partial charge >= 0.3 is 5.97 Å². The molecule has 8 nitrogen and oxygen atoms in total. The van der Waals surface area contributed by atoms with Crippen molar-refractivity contribution in [3.05, 3.63) is 59.5 Å². The number of hydrogen-bond acceptors (Lipinski definition) is 6. The molecule has 3 amide bonds. The fraction of sp³-hybridized carbons (Fsp3) is 0.125. The van der Waals surface area contributed by atoms with Crippen molar-refractivity contribution >= 4 is 23.7 Å². The highest BCUT2D eigenvalue weighted by atomic mass is 16.7. The minimum atomic E-state index is -1.09. The highest BCUT2D eigenvalue weighted by molar-refractivity contribution is 6.20. The summed E-state index contributed by atoms with van der Waals surface area (Å²) in [6, 6.07) is 7.99. The lowest BCUT2D eigenvalue weighted by Crippen LogP contribution is -2.43. The number of nitrogens with one attached hydrogen (secondary N) is 1. The van der Waals surface area contributed by atoms with E-state index in [9.17, 15) is 19.2 Å². The average molecular weight is 328 g/mol. The molecule has 0 saturated heterocycles. The maximum Gasteiger partial charge on any atom is 0.354 e. The second-order valence-corrected chi connectivity index (χ2v) is 5.03. The first kappa shape index (κ1) is 15.5. The fourth-order valence-corrected chi connectivity index (χ4v) is 2.15. The van der Waals surface area contributed by atoms with Gasteiger partial charge in [0.15, 0.2) is 5.76 Å². The summed E-state index contributed by atoms with van der Waals surface area (Å²) in [5, 5.41) is 2.74. The number of nitrogens with zero attached hydrogens (tertiary/aromatic N) is 1. The first-order valence-electron chi connectivity index (χ1n) is 7.03. The van der Waals surface area contributed by atoms with Crippen LogP contribution in [0.5, 0.6) is 0 Å². The van der Waals surface area contributed by atoms with Crippen LogP contribution in [0.4, 0.5) is 0 Å². The predicted molar refractivity (Wildman–Crippen MR) is 78.7 cm³/mol. The van der Waals surface area contributed by atoms with Crippen molar-refractivity contribution in [2.45, 2.75) is 13.0 Å². The van der Waals surface area contributed by atoms with E-state index >= 15 is 0 Å². The molecule has 1 atom stereocenters. The maximum absolute atomic E-state index is 12.1. The van der Waals surface area contributed by atoms with Crippen LogP contribution in [-0.4, -0.2) is 34.8 Å². The Labute approximate surface area is 135 Å². The van der Waals surface area contributed by atoms with E-state index in [2.05, 4.69) is 5.32 Å². The van der Waals surface area contributed by atoms with Crippen molar-refractivity contribution in [1.82, 2.24) is 10.4 Å². The summed E-state index contributed by atoms with van der Waals surface area (Å²) in [6.45, 7) is 1.36. The van der Waals surface area contributed by atoms with Crippen LogP contribution in [0.25, 0.3) is 0 Å². The number of amides is 3. The number of rotatable bonds is 4. The SMILES string of the molecule is CC(NC(=O)c1ccco1)C(=O)ON1C(=O)c2ccccc2C1=O. The summed E-state index contributed by atoms with van der Waals surface area (Å²) in [6.07, 6.45) is 1.32. The Balaban J connectivity index is 1.66.